The van der Waals surface area contributed by atoms with Crippen molar-refractivity contribution >= 4 is 8.25 Å². The monoisotopic (exact) mass is 582 g/mol. The van der Waals surface area contributed by atoms with Crippen LogP contribution in [0.3, 0.4) is 0 Å². The Labute approximate surface area is 252 Å². The van der Waals surface area contributed by atoms with Gasteiger partial charge in [0.2, 0.25) is 0 Å². The maximum atomic E-state index is 11.8. The normalized spacial score (nSPS) is 12.3. The zero-order chi connectivity index (χ0) is 29.0. The molecule has 236 valence electrons. The number of allylic oxidation sites excluding steroid dienone is 2. The van der Waals surface area contributed by atoms with Gasteiger partial charge in [0.1, 0.15) is 13.2 Å². The first-order valence-corrected chi connectivity index (χ1v) is 18.9. The first kappa shape index (κ1) is 39.5. The minimum Gasteiger partial charge on any atom is -0.115 e. The van der Waals surface area contributed by atoms with Gasteiger partial charge in [-0.05, 0) is 25.7 Å². The van der Waals surface area contributed by atoms with Gasteiger partial charge in [-0.25, -0.2) is 0 Å². The van der Waals surface area contributed by atoms with Gasteiger partial charge in [0, 0.05) is 4.57 Å². The molecule has 0 bridgehead atoms. The van der Waals surface area contributed by atoms with Crippen molar-refractivity contribution in [3.8, 4) is 0 Å². The summed E-state index contributed by atoms with van der Waals surface area (Å²) in [6.07, 6.45) is 46.5. The van der Waals surface area contributed by atoms with Crippen molar-refractivity contribution in [2.45, 2.75) is 194 Å². The summed E-state index contributed by atoms with van der Waals surface area (Å²) in [6, 6.07) is 0. The highest BCUT2D eigenvalue weighted by Crippen LogP contribution is 2.23. The van der Waals surface area contributed by atoms with Gasteiger partial charge in [-0.15, -0.1) is 9.05 Å². The van der Waals surface area contributed by atoms with Crippen molar-refractivity contribution in [2.24, 2.45) is 0 Å². The maximum absolute atomic E-state index is 11.8. The van der Waals surface area contributed by atoms with Crippen molar-refractivity contribution in [3.05, 3.63) is 24.3 Å². The van der Waals surface area contributed by atoms with Gasteiger partial charge in [-0.3, -0.25) is 0 Å². The molecule has 0 aliphatic carbocycles. The minimum absolute atomic E-state index is 0.371. The zero-order valence-corrected chi connectivity index (χ0v) is 28.1. The summed E-state index contributed by atoms with van der Waals surface area (Å²) < 4.78 is 22.3. The number of hydrogen-bond donors (Lipinski definition) is 0. The third kappa shape index (κ3) is 35.5. The second kappa shape index (κ2) is 36.5. The fourth-order valence-electron chi connectivity index (χ4n) is 5.18. The molecule has 0 saturated heterocycles. The van der Waals surface area contributed by atoms with Crippen molar-refractivity contribution in [1.29, 1.82) is 0 Å². The van der Waals surface area contributed by atoms with Crippen LogP contribution in [0.5, 0.6) is 0 Å². The Hall–Kier alpha value is -0.500. The van der Waals surface area contributed by atoms with Gasteiger partial charge >= 0.3 is 8.25 Å². The van der Waals surface area contributed by atoms with Gasteiger partial charge < -0.3 is 0 Å². The second-order valence-electron chi connectivity index (χ2n) is 11.8. The van der Waals surface area contributed by atoms with Crippen LogP contribution in [-0.4, -0.2) is 13.2 Å². The topological polar surface area (TPSA) is 35.5 Å². The van der Waals surface area contributed by atoms with Crippen LogP contribution in [0, 0.1) is 0 Å². The molecular weight excluding hydrogens is 511 g/mol. The first-order valence-electron chi connectivity index (χ1n) is 17.8. The molecule has 0 aliphatic heterocycles. The van der Waals surface area contributed by atoms with E-state index in [0.717, 1.165) is 12.8 Å². The average molecular weight is 582 g/mol. The molecule has 0 rings (SSSR count). The molecule has 0 saturated carbocycles. The fourth-order valence-corrected chi connectivity index (χ4v) is 5.67. The van der Waals surface area contributed by atoms with Crippen LogP contribution in [0.25, 0.3) is 0 Å². The van der Waals surface area contributed by atoms with Gasteiger partial charge in [0.25, 0.3) is 0 Å². The van der Waals surface area contributed by atoms with Crippen LogP contribution in [0.2, 0.25) is 0 Å². The molecule has 0 atom stereocenters. The summed E-state index contributed by atoms with van der Waals surface area (Å²) >= 11 is 0. The third-order valence-corrected chi connectivity index (χ3v) is 8.55. The van der Waals surface area contributed by atoms with E-state index in [1.807, 2.05) is 12.2 Å². The van der Waals surface area contributed by atoms with Crippen molar-refractivity contribution in [3.63, 3.8) is 0 Å². The summed E-state index contributed by atoms with van der Waals surface area (Å²) in [5.74, 6) is 0. The van der Waals surface area contributed by atoms with E-state index in [1.54, 1.807) is 0 Å². The highest BCUT2D eigenvalue weighted by molar-refractivity contribution is 7.33. The lowest BCUT2D eigenvalue weighted by Gasteiger charge is -2.02. The maximum Gasteiger partial charge on any atom is 0.698 e. The van der Waals surface area contributed by atoms with E-state index in [0.29, 0.717) is 13.2 Å². The Morgan fingerprint density at radius 3 is 0.900 bits per heavy atom. The molecule has 0 aromatic rings. The zero-order valence-electron chi connectivity index (χ0n) is 27.2. The predicted octanol–water partition coefficient (Wildman–Crippen LogP) is 13.8. The molecule has 0 heterocycles. The first-order chi connectivity index (χ1) is 19.8. The lowest BCUT2D eigenvalue weighted by Crippen LogP contribution is -1.86. The van der Waals surface area contributed by atoms with Crippen molar-refractivity contribution in [2.75, 3.05) is 13.2 Å². The minimum atomic E-state index is -2.02. The second-order valence-corrected chi connectivity index (χ2v) is 12.8. The molecule has 4 heteroatoms. The van der Waals surface area contributed by atoms with E-state index in [-0.39, 0.29) is 0 Å². The number of unbranched alkanes of at least 4 members (excludes halogenated alkanes) is 26. The smallest absolute Gasteiger partial charge is 0.115 e. The van der Waals surface area contributed by atoms with Crippen LogP contribution in [0.4, 0.5) is 0 Å². The summed E-state index contributed by atoms with van der Waals surface area (Å²) in [6.45, 7) is 5.31. The molecule has 3 nitrogen and oxygen atoms in total. The summed E-state index contributed by atoms with van der Waals surface area (Å²) in [7, 11) is -2.02. The van der Waals surface area contributed by atoms with E-state index in [4.69, 9.17) is 9.05 Å². The van der Waals surface area contributed by atoms with E-state index >= 15 is 0 Å². The molecule has 0 amide bonds. The predicted molar refractivity (Wildman–Crippen MR) is 178 cm³/mol. The highest BCUT2D eigenvalue weighted by Gasteiger charge is 2.17. The molecule has 0 N–H and O–H groups in total. The molecule has 0 unspecified atom stereocenters. The average Bonchev–Trinajstić information content (AvgIpc) is 2.96. The molecule has 0 aromatic heterocycles. The Morgan fingerprint density at radius 1 is 0.375 bits per heavy atom. The standard InChI is InChI=1S/C36H70O3P/c1-3-5-7-9-11-13-15-17-19-21-23-25-27-29-31-33-35-38-40(37)39-36-34-32-30-28-26-24-22-20-18-16-14-12-10-8-6-4-2/h31-34H,3-30,35-36H2,1-2H3/q+1. The Morgan fingerprint density at radius 2 is 0.625 bits per heavy atom. The Kier molecular flexibility index (Phi) is 36.1. The van der Waals surface area contributed by atoms with E-state index in [1.165, 1.54) is 167 Å². The van der Waals surface area contributed by atoms with Crippen LogP contribution in [0.15, 0.2) is 24.3 Å². The quantitative estimate of drug-likeness (QED) is 0.0431. The Bertz CT molecular complexity index is 500. The van der Waals surface area contributed by atoms with Crippen molar-refractivity contribution < 1.29 is 13.6 Å². The van der Waals surface area contributed by atoms with Gasteiger partial charge in [-0.1, -0.05) is 192 Å². The SMILES string of the molecule is CCCCCCCCCCCCCCCC=CCO[P+](=O)OCC=CCCCCCCCCCCCCCCC. The summed E-state index contributed by atoms with van der Waals surface area (Å²) in [4.78, 5) is 0. The van der Waals surface area contributed by atoms with E-state index < -0.39 is 8.25 Å². The highest BCUT2D eigenvalue weighted by atomic mass is 31.1. The van der Waals surface area contributed by atoms with Crippen molar-refractivity contribution in [1.82, 2.24) is 0 Å². The van der Waals surface area contributed by atoms with E-state index in [2.05, 4.69) is 26.0 Å². The lowest BCUT2D eigenvalue weighted by molar-refractivity contribution is 0.261. The Balaban J connectivity index is 3.27. The molecule has 40 heavy (non-hydrogen) atoms. The van der Waals surface area contributed by atoms with E-state index in [9.17, 15) is 4.57 Å². The largest absolute Gasteiger partial charge is 0.698 e. The van der Waals surface area contributed by atoms with Crippen LogP contribution < -0.4 is 0 Å². The molecule has 0 radical (unpaired) electrons. The number of rotatable bonds is 34. The van der Waals surface area contributed by atoms with Crippen LogP contribution >= 0.6 is 8.25 Å². The molecular formula is C36H70O3P+. The van der Waals surface area contributed by atoms with Gasteiger partial charge in [0.05, 0.1) is 0 Å². The fraction of sp³-hybridized carbons (Fsp3) is 0.889. The molecule has 0 aromatic carbocycles. The summed E-state index contributed by atoms with van der Waals surface area (Å²) in [5, 5.41) is 0. The molecule has 0 spiro atoms. The molecule has 0 aliphatic rings. The number of hydrogen-bond acceptors (Lipinski definition) is 3. The third-order valence-electron chi connectivity index (χ3n) is 7.83. The van der Waals surface area contributed by atoms with Crippen LogP contribution in [0.1, 0.15) is 194 Å². The van der Waals surface area contributed by atoms with Gasteiger partial charge in [-0.2, -0.15) is 0 Å². The molecule has 0 fully saturated rings. The van der Waals surface area contributed by atoms with Crippen LogP contribution in [-0.2, 0) is 13.6 Å². The lowest BCUT2D eigenvalue weighted by atomic mass is 10.0. The summed E-state index contributed by atoms with van der Waals surface area (Å²) in [5.41, 5.74) is 0. The van der Waals surface area contributed by atoms with Gasteiger partial charge in [0.15, 0.2) is 0 Å².